The fraction of sp³-hybridized carbons (Fsp3) is 0.533. The minimum atomic E-state index is -1.40. The van der Waals surface area contributed by atoms with E-state index >= 15 is 0 Å². The van der Waals surface area contributed by atoms with Gasteiger partial charge in [0.05, 0.1) is 11.5 Å². The first-order chi connectivity index (χ1) is 8.54. The maximum absolute atomic E-state index is 12.0. The van der Waals surface area contributed by atoms with Crippen LogP contribution in [0.2, 0.25) is 0 Å². The summed E-state index contributed by atoms with van der Waals surface area (Å²) in [5.74, 6) is -1.16. The highest BCUT2D eigenvalue weighted by molar-refractivity contribution is 5.74. The quantitative estimate of drug-likeness (QED) is 0.825. The Morgan fingerprint density at radius 1 is 1.26 bits per heavy atom. The Bertz CT molecular complexity index is 457. The number of ether oxygens (including phenoxy) is 1. The van der Waals surface area contributed by atoms with Crippen molar-refractivity contribution in [3.8, 4) is 5.75 Å². The average Bonchev–Trinajstić information content (AvgIpc) is 2.25. The van der Waals surface area contributed by atoms with Gasteiger partial charge in [-0.25, -0.2) is 0 Å². The maximum Gasteiger partial charge on any atom is 0.312 e. The second-order valence-corrected chi connectivity index (χ2v) is 5.95. The van der Waals surface area contributed by atoms with Crippen molar-refractivity contribution in [3.63, 3.8) is 0 Å². The predicted molar refractivity (Wildman–Crippen MR) is 72.7 cm³/mol. The van der Waals surface area contributed by atoms with Crippen LogP contribution < -0.4 is 0 Å². The number of aromatic hydroxyl groups is 1. The van der Waals surface area contributed by atoms with Crippen molar-refractivity contribution in [3.05, 3.63) is 29.8 Å². The SMILES string of the molecule is CC(C(=O)OC(C)(C)C)C(C)(O)c1cccc(O)c1. The van der Waals surface area contributed by atoms with E-state index in [0.717, 1.165) is 0 Å². The molecule has 19 heavy (non-hydrogen) atoms. The molecule has 0 bridgehead atoms. The average molecular weight is 266 g/mol. The number of carbonyl (C=O) groups is 1. The van der Waals surface area contributed by atoms with E-state index in [9.17, 15) is 15.0 Å². The van der Waals surface area contributed by atoms with E-state index in [1.807, 2.05) is 0 Å². The molecule has 2 unspecified atom stereocenters. The Labute approximate surface area is 114 Å². The molecule has 1 rings (SSSR count). The maximum atomic E-state index is 12.0. The summed E-state index contributed by atoms with van der Waals surface area (Å²) in [5, 5.41) is 20.0. The fourth-order valence-electron chi connectivity index (χ4n) is 1.69. The molecule has 0 saturated carbocycles. The highest BCUT2D eigenvalue weighted by atomic mass is 16.6. The molecule has 106 valence electrons. The fourth-order valence-corrected chi connectivity index (χ4v) is 1.69. The van der Waals surface area contributed by atoms with Crippen molar-refractivity contribution in [2.75, 3.05) is 0 Å². The molecule has 0 fully saturated rings. The molecule has 0 aliphatic rings. The molecule has 0 spiro atoms. The molecule has 0 radical (unpaired) electrons. The summed E-state index contributed by atoms with van der Waals surface area (Å²) < 4.78 is 5.28. The summed E-state index contributed by atoms with van der Waals surface area (Å²) in [6.45, 7) is 8.48. The van der Waals surface area contributed by atoms with Gasteiger partial charge in [0.15, 0.2) is 0 Å². The smallest absolute Gasteiger partial charge is 0.312 e. The zero-order valence-electron chi connectivity index (χ0n) is 12.1. The number of phenolic OH excluding ortho intramolecular Hbond substituents is 1. The van der Waals surface area contributed by atoms with E-state index in [1.165, 1.54) is 19.1 Å². The zero-order chi connectivity index (χ0) is 14.8. The van der Waals surface area contributed by atoms with Gasteiger partial charge in [-0.05, 0) is 52.3 Å². The zero-order valence-corrected chi connectivity index (χ0v) is 12.1. The van der Waals surface area contributed by atoms with Gasteiger partial charge in [0.1, 0.15) is 11.4 Å². The van der Waals surface area contributed by atoms with E-state index in [2.05, 4.69) is 0 Å². The van der Waals surface area contributed by atoms with Crippen molar-refractivity contribution < 1.29 is 19.7 Å². The number of esters is 1. The topological polar surface area (TPSA) is 66.8 Å². The minimum absolute atomic E-state index is 0.0502. The monoisotopic (exact) mass is 266 g/mol. The van der Waals surface area contributed by atoms with Crippen LogP contribution in [-0.4, -0.2) is 21.8 Å². The van der Waals surface area contributed by atoms with Gasteiger partial charge in [-0.15, -0.1) is 0 Å². The number of rotatable bonds is 3. The van der Waals surface area contributed by atoms with Crippen LogP contribution in [0.15, 0.2) is 24.3 Å². The van der Waals surface area contributed by atoms with Crippen LogP contribution in [0.1, 0.15) is 40.2 Å². The summed E-state index contributed by atoms with van der Waals surface area (Å²) in [5.41, 5.74) is -1.52. The summed E-state index contributed by atoms with van der Waals surface area (Å²) in [4.78, 5) is 12.0. The van der Waals surface area contributed by atoms with E-state index in [1.54, 1.807) is 39.8 Å². The van der Waals surface area contributed by atoms with Crippen molar-refractivity contribution in [2.24, 2.45) is 5.92 Å². The van der Waals surface area contributed by atoms with E-state index < -0.39 is 23.1 Å². The first-order valence-electron chi connectivity index (χ1n) is 6.29. The Morgan fingerprint density at radius 3 is 2.32 bits per heavy atom. The number of aliphatic hydroxyl groups is 1. The van der Waals surface area contributed by atoms with Crippen LogP contribution in [0, 0.1) is 5.92 Å². The summed E-state index contributed by atoms with van der Waals surface area (Å²) >= 11 is 0. The Balaban J connectivity index is 2.96. The third-order valence-electron chi connectivity index (χ3n) is 3.03. The predicted octanol–water partition coefficient (Wildman–Crippen LogP) is 2.58. The first kappa shape index (κ1) is 15.5. The first-order valence-corrected chi connectivity index (χ1v) is 6.29. The number of benzene rings is 1. The lowest BCUT2D eigenvalue weighted by molar-refractivity contribution is -0.168. The highest BCUT2D eigenvalue weighted by Gasteiger charge is 2.38. The van der Waals surface area contributed by atoms with Gasteiger partial charge < -0.3 is 14.9 Å². The van der Waals surface area contributed by atoms with Crippen LogP contribution in [-0.2, 0) is 15.1 Å². The summed E-state index contributed by atoms with van der Waals surface area (Å²) in [6, 6.07) is 6.25. The number of carbonyl (C=O) groups excluding carboxylic acids is 1. The van der Waals surface area contributed by atoms with E-state index in [0.29, 0.717) is 5.56 Å². The largest absolute Gasteiger partial charge is 0.508 e. The molecule has 1 aromatic rings. The highest BCUT2D eigenvalue weighted by Crippen LogP contribution is 2.32. The second kappa shape index (κ2) is 5.21. The lowest BCUT2D eigenvalue weighted by atomic mass is 9.84. The van der Waals surface area contributed by atoms with E-state index in [-0.39, 0.29) is 5.75 Å². The van der Waals surface area contributed by atoms with Crippen molar-refractivity contribution in [1.82, 2.24) is 0 Å². The number of phenols is 1. The van der Waals surface area contributed by atoms with Crippen molar-refractivity contribution >= 4 is 5.97 Å². The molecular weight excluding hydrogens is 244 g/mol. The molecule has 4 heteroatoms. The van der Waals surface area contributed by atoms with Crippen molar-refractivity contribution in [2.45, 2.75) is 45.8 Å². The molecule has 0 aliphatic heterocycles. The van der Waals surface area contributed by atoms with E-state index in [4.69, 9.17) is 4.74 Å². The number of hydrogen-bond donors (Lipinski definition) is 2. The van der Waals surface area contributed by atoms with Gasteiger partial charge in [0.25, 0.3) is 0 Å². The normalized spacial score (nSPS) is 16.5. The van der Waals surface area contributed by atoms with Gasteiger partial charge in [-0.2, -0.15) is 0 Å². The molecule has 4 nitrogen and oxygen atoms in total. The molecule has 0 aliphatic carbocycles. The molecule has 0 amide bonds. The minimum Gasteiger partial charge on any atom is -0.508 e. The van der Waals surface area contributed by atoms with Crippen LogP contribution in [0.4, 0.5) is 0 Å². The lowest BCUT2D eigenvalue weighted by Crippen LogP contribution is -2.39. The van der Waals surface area contributed by atoms with Gasteiger partial charge in [-0.1, -0.05) is 12.1 Å². The summed E-state index contributed by atoms with van der Waals surface area (Å²) in [7, 11) is 0. The molecule has 2 atom stereocenters. The Hall–Kier alpha value is -1.55. The Kier molecular flexibility index (Phi) is 4.25. The molecular formula is C15H22O4. The molecule has 2 N–H and O–H groups in total. The van der Waals surface area contributed by atoms with Crippen LogP contribution in [0.25, 0.3) is 0 Å². The molecule has 0 saturated heterocycles. The van der Waals surface area contributed by atoms with Gasteiger partial charge in [0, 0.05) is 0 Å². The molecule has 0 heterocycles. The molecule has 1 aromatic carbocycles. The van der Waals surface area contributed by atoms with Crippen LogP contribution in [0.5, 0.6) is 5.75 Å². The Morgan fingerprint density at radius 2 is 1.84 bits per heavy atom. The van der Waals surface area contributed by atoms with Gasteiger partial charge in [0.2, 0.25) is 0 Å². The number of hydrogen-bond acceptors (Lipinski definition) is 4. The van der Waals surface area contributed by atoms with Gasteiger partial charge in [-0.3, -0.25) is 4.79 Å². The van der Waals surface area contributed by atoms with Crippen LogP contribution in [0.3, 0.4) is 0 Å². The third kappa shape index (κ3) is 3.96. The van der Waals surface area contributed by atoms with Crippen molar-refractivity contribution in [1.29, 1.82) is 0 Å². The second-order valence-electron chi connectivity index (χ2n) is 5.95. The lowest BCUT2D eigenvalue weighted by Gasteiger charge is -2.31. The molecule has 0 aromatic heterocycles. The van der Waals surface area contributed by atoms with Crippen LogP contribution >= 0.6 is 0 Å². The third-order valence-corrected chi connectivity index (χ3v) is 3.03. The standard InChI is InChI=1S/C15H22O4/c1-10(13(17)19-14(2,3)4)15(5,18)11-7-6-8-12(16)9-11/h6-10,16,18H,1-5H3. The summed E-state index contributed by atoms with van der Waals surface area (Å²) in [6.07, 6.45) is 0. The van der Waals surface area contributed by atoms with Gasteiger partial charge >= 0.3 is 5.97 Å².